The molecule has 1 saturated carbocycles. The minimum absolute atomic E-state index is 0.299. The second-order valence-electron chi connectivity index (χ2n) is 7.70. The van der Waals surface area contributed by atoms with Gasteiger partial charge in [0.05, 0.1) is 0 Å². The van der Waals surface area contributed by atoms with E-state index in [4.69, 9.17) is 0 Å². The van der Waals surface area contributed by atoms with Crippen molar-refractivity contribution in [1.29, 1.82) is 0 Å². The first kappa shape index (κ1) is 17.9. The smallest absolute Gasteiger partial charge is 0.0446 e. The maximum Gasteiger partial charge on any atom is 0.0446 e. The first-order chi connectivity index (χ1) is 11.8. The number of hydrogen-bond acceptors (Lipinski definition) is 3. The Bertz CT molecular complexity index is 496. The number of aliphatic hydroxyl groups excluding tert-OH is 1. The maximum absolute atomic E-state index is 9.55. The topological polar surface area (TPSA) is 26.7 Å². The lowest BCUT2D eigenvalue weighted by Gasteiger charge is -2.44. The van der Waals surface area contributed by atoms with E-state index in [0.717, 1.165) is 32.1 Å². The van der Waals surface area contributed by atoms with Crippen LogP contribution < -0.4 is 0 Å². The van der Waals surface area contributed by atoms with Gasteiger partial charge >= 0.3 is 0 Å². The van der Waals surface area contributed by atoms with Gasteiger partial charge in [-0.3, -0.25) is 9.80 Å². The van der Waals surface area contributed by atoms with Gasteiger partial charge in [-0.15, -0.1) is 0 Å². The molecule has 1 aromatic carbocycles. The summed E-state index contributed by atoms with van der Waals surface area (Å²) in [5.74, 6) is 0. The third-order valence-electron chi connectivity index (χ3n) is 6.07. The summed E-state index contributed by atoms with van der Waals surface area (Å²) in [6, 6.07) is 10.0. The molecule has 0 bridgehead atoms. The highest BCUT2D eigenvalue weighted by atomic mass is 16.3. The number of piperazine rings is 1. The van der Waals surface area contributed by atoms with Gasteiger partial charge in [0.1, 0.15) is 0 Å². The Kier molecular flexibility index (Phi) is 6.70. The minimum Gasteiger partial charge on any atom is -0.396 e. The van der Waals surface area contributed by atoms with E-state index in [1.165, 1.54) is 56.2 Å². The van der Waals surface area contributed by atoms with Crippen LogP contribution in [0, 0.1) is 6.92 Å². The molecule has 1 aliphatic carbocycles. The molecule has 1 aliphatic heterocycles. The lowest BCUT2D eigenvalue weighted by molar-refractivity contribution is 0.0275. The van der Waals surface area contributed by atoms with E-state index in [0.29, 0.717) is 12.6 Å². The van der Waals surface area contributed by atoms with Crippen molar-refractivity contribution in [2.75, 3.05) is 26.2 Å². The van der Waals surface area contributed by atoms with E-state index in [2.05, 4.69) is 41.0 Å². The molecule has 3 heteroatoms. The van der Waals surface area contributed by atoms with Crippen LogP contribution in [0.5, 0.6) is 0 Å². The molecular formula is C21H34N2O. The fraction of sp³-hybridized carbons (Fsp3) is 0.714. The molecule has 1 atom stereocenters. The Morgan fingerprint density at radius 1 is 1.04 bits per heavy atom. The van der Waals surface area contributed by atoms with Crippen molar-refractivity contribution in [3.8, 4) is 0 Å². The predicted molar refractivity (Wildman–Crippen MR) is 100 cm³/mol. The van der Waals surface area contributed by atoms with E-state index in [-0.39, 0.29) is 0 Å². The molecule has 1 heterocycles. The highest BCUT2D eigenvalue weighted by molar-refractivity contribution is 5.25. The van der Waals surface area contributed by atoms with Crippen LogP contribution in [-0.2, 0) is 6.54 Å². The van der Waals surface area contributed by atoms with Crippen molar-refractivity contribution in [2.45, 2.75) is 70.5 Å². The molecule has 1 unspecified atom stereocenters. The summed E-state index contributed by atoms with van der Waals surface area (Å²) in [6.45, 7) is 6.99. The van der Waals surface area contributed by atoms with Crippen LogP contribution in [0.1, 0.15) is 56.1 Å². The van der Waals surface area contributed by atoms with Crippen LogP contribution in [0.2, 0.25) is 0 Å². The molecule has 24 heavy (non-hydrogen) atoms. The molecule has 3 nitrogen and oxygen atoms in total. The maximum atomic E-state index is 9.55. The summed E-state index contributed by atoms with van der Waals surface area (Å²) in [4.78, 5) is 5.34. The summed E-state index contributed by atoms with van der Waals surface area (Å²) in [7, 11) is 0. The number of aryl methyl sites for hydroxylation is 1. The summed E-state index contributed by atoms with van der Waals surface area (Å²) in [5.41, 5.74) is 2.81. The summed E-state index contributed by atoms with van der Waals surface area (Å²) in [6.07, 6.45) is 9.30. The Morgan fingerprint density at radius 2 is 1.79 bits per heavy atom. The third-order valence-corrected chi connectivity index (χ3v) is 6.07. The summed E-state index contributed by atoms with van der Waals surface area (Å²) < 4.78 is 0. The van der Waals surface area contributed by atoms with E-state index in [9.17, 15) is 5.11 Å². The van der Waals surface area contributed by atoms with Crippen molar-refractivity contribution in [1.82, 2.24) is 9.80 Å². The largest absolute Gasteiger partial charge is 0.396 e. The zero-order chi connectivity index (χ0) is 16.8. The zero-order valence-corrected chi connectivity index (χ0v) is 15.3. The molecular weight excluding hydrogens is 296 g/mol. The molecule has 2 fully saturated rings. The zero-order valence-electron chi connectivity index (χ0n) is 15.3. The second-order valence-corrected chi connectivity index (χ2v) is 7.70. The molecule has 0 radical (unpaired) electrons. The molecule has 1 saturated heterocycles. The SMILES string of the molecule is Cc1ccccc1CN1CCN(C2CCCCCC2)CC1CCO. The number of aliphatic hydroxyl groups is 1. The lowest BCUT2D eigenvalue weighted by Crippen LogP contribution is -2.55. The molecule has 3 rings (SSSR count). The molecule has 0 spiro atoms. The molecule has 1 aromatic rings. The second kappa shape index (κ2) is 8.98. The van der Waals surface area contributed by atoms with Gasteiger partial charge in [0, 0.05) is 44.9 Å². The van der Waals surface area contributed by atoms with Gasteiger partial charge in [-0.05, 0) is 37.3 Å². The van der Waals surface area contributed by atoms with Crippen LogP contribution >= 0.6 is 0 Å². The number of nitrogens with zero attached hydrogens (tertiary/aromatic N) is 2. The fourth-order valence-corrected chi connectivity index (χ4v) is 4.51. The molecule has 0 aromatic heterocycles. The van der Waals surface area contributed by atoms with Gasteiger partial charge in [0.15, 0.2) is 0 Å². The van der Waals surface area contributed by atoms with Gasteiger partial charge in [0.25, 0.3) is 0 Å². The van der Waals surface area contributed by atoms with Crippen LogP contribution in [0.15, 0.2) is 24.3 Å². The quantitative estimate of drug-likeness (QED) is 0.836. The van der Waals surface area contributed by atoms with Crippen LogP contribution in [-0.4, -0.2) is 53.2 Å². The van der Waals surface area contributed by atoms with Gasteiger partial charge in [-0.2, -0.15) is 0 Å². The Balaban J connectivity index is 1.63. The molecule has 134 valence electrons. The average Bonchev–Trinajstić information content (AvgIpc) is 2.88. The van der Waals surface area contributed by atoms with Crippen molar-refractivity contribution in [2.24, 2.45) is 0 Å². The van der Waals surface area contributed by atoms with Crippen LogP contribution in [0.3, 0.4) is 0 Å². The van der Waals surface area contributed by atoms with Crippen LogP contribution in [0.25, 0.3) is 0 Å². The van der Waals surface area contributed by atoms with Crippen molar-refractivity contribution in [3.05, 3.63) is 35.4 Å². The first-order valence-corrected chi connectivity index (χ1v) is 9.91. The van der Waals surface area contributed by atoms with Crippen molar-refractivity contribution in [3.63, 3.8) is 0 Å². The Labute approximate surface area is 147 Å². The van der Waals surface area contributed by atoms with Gasteiger partial charge in [-0.25, -0.2) is 0 Å². The summed E-state index contributed by atoms with van der Waals surface area (Å²) in [5, 5.41) is 9.55. The Morgan fingerprint density at radius 3 is 2.50 bits per heavy atom. The molecule has 2 aliphatic rings. The molecule has 0 amide bonds. The van der Waals surface area contributed by atoms with Crippen molar-refractivity contribution < 1.29 is 5.11 Å². The normalized spacial score (nSPS) is 24.8. The van der Waals surface area contributed by atoms with E-state index in [1.54, 1.807) is 0 Å². The van der Waals surface area contributed by atoms with Crippen LogP contribution in [0.4, 0.5) is 0 Å². The predicted octanol–water partition coefficient (Wildman–Crippen LogP) is 3.59. The minimum atomic E-state index is 0.299. The number of benzene rings is 1. The molecule has 1 N–H and O–H groups in total. The summed E-state index contributed by atoms with van der Waals surface area (Å²) >= 11 is 0. The highest BCUT2D eigenvalue weighted by Crippen LogP contribution is 2.26. The third kappa shape index (κ3) is 4.59. The van der Waals surface area contributed by atoms with E-state index < -0.39 is 0 Å². The monoisotopic (exact) mass is 330 g/mol. The lowest BCUT2D eigenvalue weighted by atomic mass is 10.0. The standard InChI is InChI=1S/C21H34N2O/c1-18-8-6-7-9-19(18)16-22-13-14-23(17-21(22)12-15-24)20-10-4-2-3-5-11-20/h6-9,20-21,24H,2-5,10-17H2,1H3. The van der Waals surface area contributed by atoms with Gasteiger partial charge in [-0.1, -0.05) is 49.9 Å². The Hall–Kier alpha value is -0.900. The first-order valence-electron chi connectivity index (χ1n) is 9.91. The average molecular weight is 331 g/mol. The fourth-order valence-electron chi connectivity index (χ4n) is 4.51. The van der Waals surface area contributed by atoms with Crippen molar-refractivity contribution >= 4 is 0 Å². The number of hydrogen-bond donors (Lipinski definition) is 1. The highest BCUT2D eigenvalue weighted by Gasteiger charge is 2.30. The number of rotatable bonds is 5. The van der Waals surface area contributed by atoms with Gasteiger partial charge < -0.3 is 5.11 Å². The van der Waals surface area contributed by atoms with Gasteiger partial charge in [0.2, 0.25) is 0 Å². The van der Waals surface area contributed by atoms with E-state index in [1.807, 2.05) is 0 Å². The van der Waals surface area contributed by atoms with E-state index >= 15 is 0 Å².